The Hall–Kier alpha value is -4.39. The van der Waals surface area contributed by atoms with E-state index in [0.717, 1.165) is 55.8 Å². The Morgan fingerprint density at radius 3 is 2.22 bits per heavy atom. The number of hydrazine groups is 1. The normalized spacial score (nSPS) is 16.1. The molecule has 2 fully saturated rings. The van der Waals surface area contributed by atoms with Crippen molar-refractivity contribution in [1.82, 2.24) is 20.7 Å². The van der Waals surface area contributed by atoms with E-state index in [2.05, 4.69) is 15.2 Å². The number of hydrogen-bond acceptors (Lipinski definition) is 8. The number of carbonyl (C=O) groups is 4. The van der Waals surface area contributed by atoms with E-state index >= 15 is 0 Å². The van der Waals surface area contributed by atoms with E-state index in [-0.39, 0.29) is 23.8 Å². The Morgan fingerprint density at radius 1 is 0.956 bits per heavy atom. The molecular weight excluding hydrogens is 583 g/mol. The SMILES string of the molecule is CCCC(=O)ONC(=O)N(NC(=O)c1ccc(N2CCN(C3CCN(C(=O)OC(C)(C)C)CC3)CC2)cc1)c1cccc(F)c1. The van der Waals surface area contributed by atoms with Crippen LogP contribution >= 0.6 is 0 Å². The van der Waals surface area contributed by atoms with Gasteiger partial charge in [-0.15, -0.1) is 0 Å². The Balaban J connectivity index is 1.30. The number of hydrogen-bond donors (Lipinski definition) is 2. The molecule has 0 unspecified atom stereocenters. The summed E-state index contributed by atoms with van der Waals surface area (Å²) < 4.78 is 19.4. The van der Waals surface area contributed by atoms with E-state index < -0.39 is 29.3 Å². The molecule has 2 aromatic carbocycles. The highest BCUT2D eigenvalue weighted by Crippen LogP contribution is 2.23. The summed E-state index contributed by atoms with van der Waals surface area (Å²) in [7, 11) is 0. The van der Waals surface area contributed by atoms with Gasteiger partial charge in [0.25, 0.3) is 5.91 Å². The van der Waals surface area contributed by atoms with Crippen molar-refractivity contribution in [2.45, 2.75) is 65.0 Å². The lowest BCUT2D eigenvalue weighted by atomic mass is 10.0. The molecule has 2 aromatic rings. The van der Waals surface area contributed by atoms with Crippen LogP contribution in [-0.4, -0.2) is 84.7 Å². The van der Waals surface area contributed by atoms with Gasteiger partial charge in [0.15, 0.2) is 0 Å². The van der Waals surface area contributed by atoms with Crippen molar-refractivity contribution in [2.24, 2.45) is 0 Å². The van der Waals surface area contributed by atoms with Crippen molar-refractivity contribution in [3.05, 3.63) is 59.9 Å². The zero-order valence-electron chi connectivity index (χ0n) is 26.4. The van der Waals surface area contributed by atoms with Crippen LogP contribution < -0.4 is 20.8 Å². The maximum atomic E-state index is 13.9. The number of rotatable bonds is 6. The van der Waals surface area contributed by atoms with Gasteiger partial charge in [-0.25, -0.2) is 23.8 Å². The molecule has 0 spiro atoms. The van der Waals surface area contributed by atoms with Crippen molar-refractivity contribution in [2.75, 3.05) is 49.2 Å². The minimum Gasteiger partial charge on any atom is -0.444 e. The predicted octanol–water partition coefficient (Wildman–Crippen LogP) is 4.47. The highest BCUT2D eigenvalue weighted by atomic mass is 19.1. The van der Waals surface area contributed by atoms with Gasteiger partial charge in [-0.3, -0.25) is 15.1 Å². The number of benzene rings is 2. The second-order valence-electron chi connectivity index (χ2n) is 12.2. The second kappa shape index (κ2) is 15.1. The Labute approximate surface area is 263 Å². The average molecular weight is 627 g/mol. The molecule has 0 aliphatic carbocycles. The number of piperazine rings is 1. The largest absolute Gasteiger partial charge is 0.444 e. The molecule has 12 nitrogen and oxygen atoms in total. The maximum Gasteiger partial charge on any atom is 0.410 e. The molecule has 0 radical (unpaired) electrons. The number of ether oxygens (including phenoxy) is 1. The number of nitrogens with zero attached hydrogens (tertiary/aromatic N) is 4. The van der Waals surface area contributed by atoms with Crippen LogP contribution in [0.4, 0.5) is 25.4 Å². The summed E-state index contributed by atoms with van der Waals surface area (Å²) >= 11 is 0. The van der Waals surface area contributed by atoms with Gasteiger partial charge in [0.2, 0.25) is 0 Å². The van der Waals surface area contributed by atoms with Crippen molar-refractivity contribution >= 4 is 35.4 Å². The average Bonchev–Trinajstić information content (AvgIpc) is 3.02. The van der Waals surface area contributed by atoms with E-state index in [4.69, 9.17) is 9.57 Å². The van der Waals surface area contributed by atoms with Crippen LogP contribution in [0.25, 0.3) is 0 Å². The Bertz CT molecular complexity index is 1330. The lowest BCUT2D eigenvalue weighted by molar-refractivity contribution is -0.148. The minimum absolute atomic E-state index is 0.0393. The van der Waals surface area contributed by atoms with E-state index in [1.54, 1.807) is 24.0 Å². The van der Waals surface area contributed by atoms with Crippen LogP contribution in [0, 0.1) is 5.82 Å². The molecule has 2 aliphatic rings. The quantitative estimate of drug-likeness (QED) is 0.451. The molecule has 2 aliphatic heterocycles. The molecule has 45 heavy (non-hydrogen) atoms. The zero-order chi connectivity index (χ0) is 32.6. The molecular formula is C32H43FN6O6. The van der Waals surface area contributed by atoms with Gasteiger partial charge in [-0.2, -0.15) is 5.48 Å². The fourth-order valence-corrected chi connectivity index (χ4v) is 5.32. The smallest absolute Gasteiger partial charge is 0.410 e. The number of halogens is 1. The van der Waals surface area contributed by atoms with Gasteiger partial charge in [0.05, 0.1) is 5.69 Å². The summed E-state index contributed by atoms with van der Waals surface area (Å²) in [5, 5.41) is 0.787. The van der Waals surface area contributed by atoms with Gasteiger partial charge < -0.3 is 19.4 Å². The number of anilines is 2. The van der Waals surface area contributed by atoms with Crippen molar-refractivity contribution in [3.8, 4) is 0 Å². The van der Waals surface area contributed by atoms with E-state index in [1.807, 2.05) is 38.4 Å². The molecule has 2 heterocycles. The van der Waals surface area contributed by atoms with E-state index in [9.17, 15) is 23.6 Å². The molecule has 0 saturated carbocycles. The van der Waals surface area contributed by atoms with Crippen LogP contribution in [0.5, 0.6) is 0 Å². The lowest BCUT2D eigenvalue weighted by Crippen LogP contribution is -2.54. The van der Waals surface area contributed by atoms with Gasteiger partial charge in [0, 0.05) is 63.0 Å². The summed E-state index contributed by atoms with van der Waals surface area (Å²) in [6, 6.07) is 11.6. The fourth-order valence-electron chi connectivity index (χ4n) is 5.32. The first-order chi connectivity index (χ1) is 21.4. The standard InChI is InChI=1S/C32H43FN6O6/c1-5-7-28(40)45-35-30(42)39(27-9-6-8-24(33)22-27)34-29(41)23-10-12-25(13-11-23)36-18-20-37(21-19-36)26-14-16-38(17-15-26)31(43)44-32(2,3)4/h6,8-13,22,26H,5,7,14-21H2,1-4H3,(H,34,41)(H,35,42). The Kier molecular flexibility index (Phi) is 11.2. The first-order valence-electron chi connectivity index (χ1n) is 15.4. The minimum atomic E-state index is -0.969. The van der Waals surface area contributed by atoms with E-state index in [0.29, 0.717) is 25.6 Å². The fraction of sp³-hybridized carbons (Fsp3) is 0.500. The second-order valence-corrected chi connectivity index (χ2v) is 12.2. The third kappa shape index (κ3) is 9.55. The summed E-state index contributed by atoms with van der Waals surface area (Å²) in [5.41, 5.74) is 5.26. The lowest BCUT2D eigenvalue weighted by Gasteiger charge is -2.43. The molecule has 4 rings (SSSR count). The van der Waals surface area contributed by atoms with E-state index in [1.165, 1.54) is 18.2 Å². The van der Waals surface area contributed by atoms with Gasteiger partial charge in [-0.05, 0) is 82.5 Å². The van der Waals surface area contributed by atoms with Crippen molar-refractivity contribution in [1.29, 1.82) is 0 Å². The predicted molar refractivity (Wildman–Crippen MR) is 167 cm³/mol. The third-order valence-electron chi connectivity index (χ3n) is 7.63. The maximum absolute atomic E-state index is 13.9. The molecule has 4 amide bonds. The van der Waals surface area contributed by atoms with Crippen LogP contribution in [0.1, 0.15) is 63.7 Å². The third-order valence-corrected chi connectivity index (χ3v) is 7.63. The molecule has 0 atom stereocenters. The highest BCUT2D eigenvalue weighted by Gasteiger charge is 2.31. The van der Waals surface area contributed by atoms with Crippen molar-refractivity contribution in [3.63, 3.8) is 0 Å². The first-order valence-corrected chi connectivity index (χ1v) is 15.4. The summed E-state index contributed by atoms with van der Waals surface area (Å²) in [6.07, 6.45) is 2.20. The summed E-state index contributed by atoms with van der Waals surface area (Å²) in [6.45, 7) is 12.2. The van der Waals surface area contributed by atoms with Gasteiger partial charge in [-0.1, -0.05) is 13.0 Å². The van der Waals surface area contributed by atoms with Crippen molar-refractivity contribution < 1.29 is 33.1 Å². The summed E-state index contributed by atoms with van der Waals surface area (Å²) in [4.78, 5) is 61.3. The van der Waals surface area contributed by atoms with Crippen LogP contribution in [0.2, 0.25) is 0 Å². The first kappa shape index (κ1) is 33.5. The number of nitrogens with one attached hydrogen (secondary N) is 2. The molecule has 2 saturated heterocycles. The monoisotopic (exact) mass is 626 g/mol. The number of piperidine rings is 1. The number of carbonyl (C=O) groups excluding carboxylic acids is 4. The zero-order valence-corrected chi connectivity index (χ0v) is 26.4. The van der Waals surface area contributed by atoms with Crippen LogP contribution in [-0.2, 0) is 14.4 Å². The molecule has 244 valence electrons. The molecule has 0 aromatic heterocycles. The Morgan fingerprint density at radius 2 is 1.62 bits per heavy atom. The highest BCUT2D eigenvalue weighted by molar-refractivity contribution is 6.01. The van der Waals surface area contributed by atoms with Gasteiger partial charge >= 0.3 is 18.1 Å². The number of urea groups is 1. The molecule has 0 bridgehead atoms. The number of amides is 4. The summed E-state index contributed by atoms with van der Waals surface area (Å²) in [5.74, 6) is -1.86. The number of likely N-dealkylation sites (tertiary alicyclic amines) is 1. The van der Waals surface area contributed by atoms with Crippen LogP contribution in [0.15, 0.2) is 48.5 Å². The number of hydroxylamine groups is 1. The topological polar surface area (TPSA) is 124 Å². The van der Waals surface area contributed by atoms with Crippen LogP contribution in [0.3, 0.4) is 0 Å². The molecule has 2 N–H and O–H groups in total. The molecule has 13 heteroatoms. The van der Waals surface area contributed by atoms with Gasteiger partial charge in [0.1, 0.15) is 11.4 Å².